The molecule has 0 fully saturated rings. The maximum Gasteiger partial charge on any atom is 0.417 e. The highest BCUT2D eigenvalue weighted by molar-refractivity contribution is 5.51. The van der Waals surface area contributed by atoms with Crippen LogP contribution in [0.3, 0.4) is 0 Å². The molecular weight excluding hydrogens is 161 g/mol. The highest BCUT2D eigenvalue weighted by Gasteiger charge is 2.51. The molecule has 0 heterocycles. The van der Waals surface area contributed by atoms with Crippen molar-refractivity contribution in [2.75, 3.05) is 7.11 Å². The molecule has 1 atom stereocenters. The standard InChI is InChI=1S/C6H9F3O2/c1-5(11-2,3-4-10)6(7,8)9/h4H,3H2,1-2H3. The van der Waals surface area contributed by atoms with Crippen molar-refractivity contribution in [3.63, 3.8) is 0 Å². The van der Waals surface area contributed by atoms with Crippen LogP contribution in [0.2, 0.25) is 0 Å². The molecule has 0 N–H and O–H groups in total. The summed E-state index contributed by atoms with van der Waals surface area (Å²) in [5, 5.41) is 0. The van der Waals surface area contributed by atoms with Crippen LogP contribution in [0.4, 0.5) is 13.2 Å². The Kier molecular flexibility index (Phi) is 3.04. The zero-order chi connectivity index (χ0) is 9.12. The first-order valence-electron chi connectivity index (χ1n) is 2.93. The fourth-order valence-corrected chi connectivity index (χ4v) is 0.474. The number of methoxy groups -OCH3 is 1. The average Bonchev–Trinajstić information content (AvgIpc) is 1.86. The van der Waals surface area contributed by atoms with E-state index in [-0.39, 0.29) is 6.29 Å². The third kappa shape index (κ3) is 2.18. The van der Waals surface area contributed by atoms with E-state index in [1.54, 1.807) is 0 Å². The molecular formula is C6H9F3O2. The number of carbonyl (C=O) groups is 1. The minimum Gasteiger partial charge on any atom is -0.369 e. The summed E-state index contributed by atoms with van der Waals surface area (Å²) < 4.78 is 40.2. The van der Waals surface area contributed by atoms with Crippen LogP contribution in [0.25, 0.3) is 0 Å². The minimum absolute atomic E-state index is 0.191. The van der Waals surface area contributed by atoms with Gasteiger partial charge in [-0.1, -0.05) is 0 Å². The van der Waals surface area contributed by atoms with Crippen LogP contribution in [-0.2, 0) is 9.53 Å². The molecule has 0 saturated carbocycles. The number of alkyl halides is 3. The number of carbonyl (C=O) groups excluding carboxylic acids is 1. The van der Waals surface area contributed by atoms with E-state index in [1.165, 1.54) is 0 Å². The fraction of sp³-hybridized carbons (Fsp3) is 0.833. The monoisotopic (exact) mass is 170 g/mol. The Morgan fingerprint density at radius 3 is 2.00 bits per heavy atom. The van der Waals surface area contributed by atoms with Crippen molar-refractivity contribution in [2.45, 2.75) is 25.1 Å². The lowest BCUT2D eigenvalue weighted by molar-refractivity contribution is -0.261. The molecule has 0 amide bonds. The summed E-state index contributed by atoms with van der Waals surface area (Å²) in [6.07, 6.45) is -4.98. The lowest BCUT2D eigenvalue weighted by atomic mass is 10.0. The largest absolute Gasteiger partial charge is 0.417 e. The Labute approximate surface area is 62.3 Å². The molecule has 0 aliphatic heterocycles. The van der Waals surface area contributed by atoms with Crippen LogP contribution in [0.1, 0.15) is 13.3 Å². The van der Waals surface area contributed by atoms with Crippen molar-refractivity contribution in [1.29, 1.82) is 0 Å². The van der Waals surface area contributed by atoms with Gasteiger partial charge in [0.15, 0.2) is 5.60 Å². The second-order valence-corrected chi connectivity index (χ2v) is 2.30. The van der Waals surface area contributed by atoms with Gasteiger partial charge < -0.3 is 9.53 Å². The Balaban J connectivity index is 4.45. The topological polar surface area (TPSA) is 26.3 Å². The Hall–Kier alpha value is -0.580. The summed E-state index contributed by atoms with van der Waals surface area (Å²) in [7, 11) is 0.928. The molecule has 0 saturated heterocycles. The molecule has 5 heteroatoms. The molecule has 1 unspecified atom stereocenters. The van der Waals surface area contributed by atoms with Crippen LogP contribution < -0.4 is 0 Å². The first-order chi connectivity index (χ1) is 4.87. The van der Waals surface area contributed by atoms with E-state index in [0.717, 1.165) is 14.0 Å². The van der Waals surface area contributed by atoms with Crippen molar-refractivity contribution in [1.82, 2.24) is 0 Å². The lowest BCUT2D eigenvalue weighted by Gasteiger charge is -2.28. The van der Waals surface area contributed by atoms with Crippen LogP contribution in [0, 0.1) is 0 Å². The normalized spacial score (nSPS) is 17.5. The molecule has 66 valence electrons. The predicted octanol–water partition coefficient (Wildman–Crippen LogP) is 1.54. The number of hydrogen-bond donors (Lipinski definition) is 0. The van der Waals surface area contributed by atoms with Gasteiger partial charge in [0.05, 0.1) is 0 Å². The molecule has 0 rings (SSSR count). The van der Waals surface area contributed by atoms with Gasteiger partial charge in [0.25, 0.3) is 0 Å². The second kappa shape index (κ2) is 3.21. The van der Waals surface area contributed by atoms with E-state index in [4.69, 9.17) is 0 Å². The van der Waals surface area contributed by atoms with E-state index >= 15 is 0 Å². The highest BCUT2D eigenvalue weighted by Crippen LogP contribution is 2.34. The van der Waals surface area contributed by atoms with Gasteiger partial charge in [-0.15, -0.1) is 0 Å². The van der Waals surface area contributed by atoms with Gasteiger partial charge in [0.1, 0.15) is 6.29 Å². The van der Waals surface area contributed by atoms with E-state index in [2.05, 4.69) is 4.74 Å². The molecule has 0 radical (unpaired) electrons. The molecule has 0 aliphatic carbocycles. The minimum atomic E-state index is -4.50. The molecule has 11 heavy (non-hydrogen) atoms. The van der Waals surface area contributed by atoms with Gasteiger partial charge in [-0.05, 0) is 6.92 Å². The summed E-state index contributed by atoms with van der Waals surface area (Å²) in [6, 6.07) is 0. The molecule has 0 aromatic heterocycles. The Bertz CT molecular complexity index is 143. The smallest absolute Gasteiger partial charge is 0.369 e. The molecule has 0 spiro atoms. The number of aldehydes is 1. The van der Waals surface area contributed by atoms with Crippen LogP contribution in [0.5, 0.6) is 0 Å². The number of halogens is 3. The molecule has 0 aromatic rings. The summed E-state index contributed by atoms with van der Waals surface area (Å²) in [5.74, 6) is 0. The van der Waals surface area contributed by atoms with Gasteiger partial charge in [-0.2, -0.15) is 13.2 Å². The third-order valence-corrected chi connectivity index (χ3v) is 1.52. The fourth-order valence-electron chi connectivity index (χ4n) is 0.474. The lowest BCUT2D eigenvalue weighted by Crippen LogP contribution is -2.44. The maximum absolute atomic E-state index is 12.0. The quantitative estimate of drug-likeness (QED) is 0.600. The van der Waals surface area contributed by atoms with Gasteiger partial charge in [0, 0.05) is 13.5 Å². The molecule has 0 aromatic carbocycles. The van der Waals surface area contributed by atoms with E-state index in [0.29, 0.717) is 0 Å². The Morgan fingerprint density at radius 2 is 1.91 bits per heavy atom. The zero-order valence-corrected chi connectivity index (χ0v) is 6.23. The second-order valence-electron chi connectivity index (χ2n) is 2.30. The number of rotatable bonds is 3. The average molecular weight is 170 g/mol. The zero-order valence-electron chi connectivity index (χ0n) is 6.23. The van der Waals surface area contributed by atoms with Crippen LogP contribution >= 0.6 is 0 Å². The maximum atomic E-state index is 12.0. The summed E-state index contributed by atoms with van der Waals surface area (Å²) >= 11 is 0. The first-order valence-corrected chi connectivity index (χ1v) is 2.93. The van der Waals surface area contributed by atoms with Crippen molar-refractivity contribution < 1.29 is 22.7 Å². The van der Waals surface area contributed by atoms with E-state index in [1.807, 2.05) is 0 Å². The van der Waals surface area contributed by atoms with E-state index < -0.39 is 18.2 Å². The third-order valence-electron chi connectivity index (χ3n) is 1.52. The summed E-state index contributed by atoms with van der Waals surface area (Å²) in [5.41, 5.74) is -2.34. The molecule has 2 nitrogen and oxygen atoms in total. The van der Waals surface area contributed by atoms with Gasteiger partial charge in [-0.25, -0.2) is 0 Å². The first kappa shape index (κ1) is 10.4. The molecule has 0 bridgehead atoms. The highest BCUT2D eigenvalue weighted by atomic mass is 19.4. The predicted molar refractivity (Wildman–Crippen MR) is 32.1 cm³/mol. The molecule has 0 aliphatic rings. The number of hydrogen-bond acceptors (Lipinski definition) is 2. The number of ether oxygens (including phenoxy) is 1. The van der Waals surface area contributed by atoms with Crippen molar-refractivity contribution >= 4 is 6.29 Å². The van der Waals surface area contributed by atoms with Crippen LogP contribution in [-0.4, -0.2) is 25.2 Å². The summed E-state index contributed by atoms with van der Waals surface area (Å²) in [6.45, 7) is 0.835. The van der Waals surface area contributed by atoms with E-state index in [9.17, 15) is 18.0 Å². The van der Waals surface area contributed by atoms with Crippen LogP contribution in [0.15, 0.2) is 0 Å². The van der Waals surface area contributed by atoms with Gasteiger partial charge >= 0.3 is 6.18 Å². The van der Waals surface area contributed by atoms with Gasteiger partial charge in [-0.3, -0.25) is 0 Å². The SMILES string of the molecule is COC(C)(CC=O)C(F)(F)F. The van der Waals surface area contributed by atoms with Crippen molar-refractivity contribution in [3.05, 3.63) is 0 Å². The summed E-state index contributed by atoms with van der Waals surface area (Å²) in [4.78, 5) is 9.85. The van der Waals surface area contributed by atoms with Crippen molar-refractivity contribution in [3.8, 4) is 0 Å². The van der Waals surface area contributed by atoms with Gasteiger partial charge in [0.2, 0.25) is 0 Å². The Morgan fingerprint density at radius 1 is 1.45 bits per heavy atom. The van der Waals surface area contributed by atoms with Crippen molar-refractivity contribution in [2.24, 2.45) is 0 Å².